The Morgan fingerprint density at radius 2 is 2.38 bits per heavy atom. The maximum absolute atomic E-state index is 11.1. The summed E-state index contributed by atoms with van der Waals surface area (Å²) in [5.41, 5.74) is 0.490. The minimum atomic E-state index is -0.896. The van der Waals surface area contributed by atoms with Crippen LogP contribution in [0, 0.1) is 12.8 Å². The van der Waals surface area contributed by atoms with Crippen LogP contribution in [0.2, 0.25) is 0 Å². The van der Waals surface area contributed by atoms with Gasteiger partial charge < -0.3 is 10.1 Å². The van der Waals surface area contributed by atoms with Gasteiger partial charge in [-0.15, -0.1) is 0 Å². The Kier molecular flexibility index (Phi) is 2.55. The summed E-state index contributed by atoms with van der Waals surface area (Å²) in [6, 6.07) is 0. The fourth-order valence-electron chi connectivity index (χ4n) is 1.06. The summed E-state index contributed by atoms with van der Waals surface area (Å²) < 4.78 is 1.42. The Morgan fingerprint density at radius 3 is 2.77 bits per heavy atom. The Hall–Kier alpha value is -1.52. The van der Waals surface area contributed by atoms with E-state index in [4.69, 9.17) is 5.11 Å². The predicted octanol–water partition coefficient (Wildman–Crippen LogP) is 0.206. The standard InChI is InChI=1S/C8H12N2O3/c1-5(7(11)12)4-10-6(2)3-9-8(10)13/h3,5H,4H2,1-2H3,(H,9,13)(H,11,12). The number of rotatable bonds is 3. The molecule has 0 spiro atoms. The molecule has 1 aromatic rings. The molecule has 5 heteroatoms. The summed E-state index contributed by atoms with van der Waals surface area (Å²) in [5.74, 6) is -1.44. The van der Waals surface area contributed by atoms with Gasteiger partial charge in [0, 0.05) is 18.4 Å². The summed E-state index contributed by atoms with van der Waals surface area (Å²) in [5, 5.41) is 8.64. The molecule has 1 rings (SSSR count). The third kappa shape index (κ3) is 1.99. The zero-order chi connectivity index (χ0) is 10.0. The highest BCUT2D eigenvalue weighted by atomic mass is 16.4. The molecule has 0 radical (unpaired) electrons. The molecule has 1 heterocycles. The molecule has 13 heavy (non-hydrogen) atoms. The van der Waals surface area contributed by atoms with Crippen LogP contribution in [0.5, 0.6) is 0 Å². The van der Waals surface area contributed by atoms with Gasteiger partial charge in [0.25, 0.3) is 0 Å². The molecular weight excluding hydrogens is 172 g/mol. The molecular formula is C8H12N2O3. The van der Waals surface area contributed by atoms with Crippen LogP contribution in [0.1, 0.15) is 12.6 Å². The van der Waals surface area contributed by atoms with Gasteiger partial charge in [-0.05, 0) is 6.92 Å². The van der Waals surface area contributed by atoms with E-state index in [0.717, 1.165) is 5.69 Å². The van der Waals surface area contributed by atoms with E-state index < -0.39 is 11.9 Å². The highest BCUT2D eigenvalue weighted by molar-refractivity contribution is 5.69. The number of aryl methyl sites for hydroxylation is 1. The van der Waals surface area contributed by atoms with E-state index in [9.17, 15) is 9.59 Å². The molecule has 1 unspecified atom stereocenters. The van der Waals surface area contributed by atoms with Gasteiger partial charge in [0.2, 0.25) is 0 Å². The second kappa shape index (κ2) is 3.47. The zero-order valence-corrected chi connectivity index (χ0v) is 7.57. The van der Waals surface area contributed by atoms with Gasteiger partial charge in [-0.3, -0.25) is 9.36 Å². The molecule has 0 aliphatic heterocycles. The van der Waals surface area contributed by atoms with E-state index in [1.807, 2.05) is 0 Å². The topological polar surface area (TPSA) is 75.1 Å². The molecule has 72 valence electrons. The Balaban J connectivity index is 2.85. The van der Waals surface area contributed by atoms with Crippen LogP contribution >= 0.6 is 0 Å². The summed E-state index contributed by atoms with van der Waals surface area (Å²) in [6.07, 6.45) is 1.57. The molecule has 0 saturated carbocycles. The highest BCUT2D eigenvalue weighted by Gasteiger charge is 2.13. The average molecular weight is 184 g/mol. The second-order valence-electron chi connectivity index (χ2n) is 3.09. The van der Waals surface area contributed by atoms with Gasteiger partial charge in [-0.1, -0.05) is 6.92 Å². The minimum Gasteiger partial charge on any atom is -0.481 e. The van der Waals surface area contributed by atoms with Gasteiger partial charge in [0.05, 0.1) is 5.92 Å². The number of H-pyrrole nitrogens is 1. The van der Waals surface area contributed by atoms with Crippen LogP contribution in [0.3, 0.4) is 0 Å². The number of nitrogens with zero attached hydrogens (tertiary/aromatic N) is 1. The summed E-state index contributed by atoms with van der Waals surface area (Å²) in [6.45, 7) is 3.54. The van der Waals surface area contributed by atoms with Crippen molar-refractivity contribution in [3.63, 3.8) is 0 Å². The number of imidazole rings is 1. The fraction of sp³-hybridized carbons (Fsp3) is 0.500. The Labute approximate surface area is 75.0 Å². The van der Waals surface area contributed by atoms with E-state index in [-0.39, 0.29) is 12.2 Å². The highest BCUT2D eigenvalue weighted by Crippen LogP contribution is 2.00. The summed E-state index contributed by atoms with van der Waals surface area (Å²) in [4.78, 5) is 24.1. The number of hydrogen-bond donors (Lipinski definition) is 2. The molecule has 0 amide bonds. The first-order valence-corrected chi connectivity index (χ1v) is 4.00. The first-order valence-electron chi connectivity index (χ1n) is 4.00. The normalized spacial score (nSPS) is 12.8. The summed E-state index contributed by atoms with van der Waals surface area (Å²) >= 11 is 0. The van der Waals surface area contributed by atoms with Crippen molar-refractivity contribution in [2.45, 2.75) is 20.4 Å². The lowest BCUT2D eigenvalue weighted by Crippen LogP contribution is -2.25. The van der Waals surface area contributed by atoms with Crippen molar-refractivity contribution in [2.24, 2.45) is 5.92 Å². The lowest BCUT2D eigenvalue weighted by molar-refractivity contribution is -0.141. The third-order valence-electron chi connectivity index (χ3n) is 1.95. The summed E-state index contributed by atoms with van der Waals surface area (Å²) in [7, 11) is 0. The van der Waals surface area contributed by atoms with Gasteiger partial charge in [0.15, 0.2) is 0 Å². The largest absolute Gasteiger partial charge is 0.481 e. The van der Waals surface area contributed by atoms with Crippen LogP contribution in [0.4, 0.5) is 0 Å². The Bertz CT molecular complexity index is 364. The molecule has 1 atom stereocenters. The number of nitrogens with one attached hydrogen (secondary N) is 1. The lowest BCUT2D eigenvalue weighted by atomic mass is 10.2. The van der Waals surface area contributed by atoms with Crippen LogP contribution in [-0.4, -0.2) is 20.6 Å². The molecule has 0 aliphatic rings. The smallest absolute Gasteiger partial charge is 0.325 e. The van der Waals surface area contributed by atoms with Crippen molar-refractivity contribution in [3.8, 4) is 0 Å². The van der Waals surface area contributed by atoms with Crippen LogP contribution in [0.25, 0.3) is 0 Å². The van der Waals surface area contributed by atoms with Gasteiger partial charge in [-0.25, -0.2) is 4.79 Å². The minimum absolute atomic E-state index is 0.212. The lowest BCUT2D eigenvalue weighted by Gasteiger charge is -2.07. The van der Waals surface area contributed by atoms with E-state index in [2.05, 4.69) is 4.98 Å². The number of aromatic nitrogens is 2. The molecule has 5 nitrogen and oxygen atoms in total. The number of carbonyl (C=O) groups is 1. The molecule has 2 N–H and O–H groups in total. The zero-order valence-electron chi connectivity index (χ0n) is 7.57. The quantitative estimate of drug-likeness (QED) is 0.704. The maximum atomic E-state index is 11.1. The molecule has 0 fully saturated rings. The van der Waals surface area contributed by atoms with Crippen molar-refractivity contribution < 1.29 is 9.90 Å². The third-order valence-corrected chi connectivity index (χ3v) is 1.95. The monoisotopic (exact) mass is 184 g/mol. The van der Waals surface area contributed by atoms with Crippen molar-refractivity contribution in [1.29, 1.82) is 0 Å². The van der Waals surface area contributed by atoms with Crippen LogP contribution in [0.15, 0.2) is 11.0 Å². The van der Waals surface area contributed by atoms with E-state index in [1.54, 1.807) is 20.0 Å². The van der Waals surface area contributed by atoms with Crippen LogP contribution in [-0.2, 0) is 11.3 Å². The fourth-order valence-corrected chi connectivity index (χ4v) is 1.06. The molecule has 0 saturated heterocycles. The van der Waals surface area contributed by atoms with Crippen LogP contribution < -0.4 is 5.69 Å². The van der Waals surface area contributed by atoms with Crippen molar-refractivity contribution >= 4 is 5.97 Å². The predicted molar refractivity (Wildman–Crippen MR) is 46.6 cm³/mol. The first-order chi connectivity index (χ1) is 6.02. The molecule has 0 bridgehead atoms. The number of aromatic amines is 1. The van der Waals surface area contributed by atoms with Gasteiger partial charge >= 0.3 is 11.7 Å². The number of carboxylic acid groups (broad SMARTS) is 1. The number of hydrogen-bond acceptors (Lipinski definition) is 2. The van der Waals surface area contributed by atoms with Gasteiger partial charge in [-0.2, -0.15) is 0 Å². The number of carboxylic acids is 1. The number of aliphatic carboxylic acids is 1. The second-order valence-corrected chi connectivity index (χ2v) is 3.09. The van der Waals surface area contributed by atoms with E-state index in [1.165, 1.54) is 4.57 Å². The van der Waals surface area contributed by atoms with E-state index >= 15 is 0 Å². The Morgan fingerprint density at radius 1 is 1.77 bits per heavy atom. The molecule has 1 aromatic heterocycles. The maximum Gasteiger partial charge on any atom is 0.325 e. The average Bonchev–Trinajstić information content (AvgIpc) is 2.35. The first kappa shape index (κ1) is 9.57. The SMILES string of the molecule is Cc1c[nH]c(=O)n1CC(C)C(=O)O. The van der Waals surface area contributed by atoms with Crippen molar-refractivity contribution in [2.75, 3.05) is 0 Å². The van der Waals surface area contributed by atoms with Crippen molar-refractivity contribution in [1.82, 2.24) is 9.55 Å². The molecule has 0 aliphatic carbocycles. The van der Waals surface area contributed by atoms with Gasteiger partial charge in [0.1, 0.15) is 0 Å². The van der Waals surface area contributed by atoms with Crippen molar-refractivity contribution in [3.05, 3.63) is 22.4 Å². The van der Waals surface area contributed by atoms with E-state index in [0.29, 0.717) is 0 Å². The molecule has 0 aromatic carbocycles.